The second kappa shape index (κ2) is 8.19. The van der Waals surface area contributed by atoms with Crippen molar-refractivity contribution in [2.24, 2.45) is 0 Å². The fraction of sp³-hybridized carbons (Fsp3) is 0.467. The van der Waals surface area contributed by atoms with Crippen molar-refractivity contribution in [2.45, 2.75) is 38.6 Å². The van der Waals surface area contributed by atoms with Gasteiger partial charge in [-0.1, -0.05) is 12.1 Å². The van der Waals surface area contributed by atoms with Gasteiger partial charge in [0, 0.05) is 12.8 Å². The zero-order valence-corrected chi connectivity index (χ0v) is 11.9. The molecule has 2 N–H and O–H groups in total. The minimum Gasteiger partial charge on any atom is -0.497 e. The number of carboxylic acid groups (broad SMARTS) is 1. The van der Waals surface area contributed by atoms with Gasteiger partial charge in [0.15, 0.2) is 0 Å². The molecular weight excluding hydrogens is 258 g/mol. The molecule has 0 saturated heterocycles. The molecule has 0 spiro atoms. The van der Waals surface area contributed by atoms with E-state index in [1.807, 2.05) is 31.2 Å². The van der Waals surface area contributed by atoms with Gasteiger partial charge >= 0.3 is 5.97 Å². The van der Waals surface area contributed by atoms with Crippen LogP contribution in [0.5, 0.6) is 5.75 Å². The molecule has 0 saturated carbocycles. The Hall–Kier alpha value is -2.04. The average molecular weight is 279 g/mol. The summed E-state index contributed by atoms with van der Waals surface area (Å²) in [5, 5.41) is 11.4. The third-order valence-electron chi connectivity index (χ3n) is 3.04. The van der Waals surface area contributed by atoms with Gasteiger partial charge < -0.3 is 15.2 Å². The summed E-state index contributed by atoms with van der Waals surface area (Å²) >= 11 is 0. The van der Waals surface area contributed by atoms with Crippen LogP contribution in [-0.4, -0.2) is 24.1 Å². The summed E-state index contributed by atoms with van der Waals surface area (Å²) in [6.07, 6.45) is 1.59. The van der Waals surface area contributed by atoms with Gasteiger partial charge in [0.1, 0.15) is 5.75 Å². The maximum atomic E-state index is 11.7. The van der Waals surface area contributed by atoms with E-state index in [4.69, 9.17) is 9.84 Å². The fourth-order valence-corrected chi connectivity index (χ4v) is 1.85. The van der Waals surface area contributed by atoms with E-state index in [-0.39, 0.29) is 18.4 Å². The summed E-state index contributed by atoms with van der Waals surface area (Å²) in [7, 11) is 1.61. The summed E-state index contributed by atoms with van der Waals surface area (Å²) in [5.41, 5.74) is 1.00. The first-order valence-electron chi connectivity index (χ1n) is 6.68. The van der Waals surface area contributed by atoms with E-state index >= 15 is 0 Å². The minimum absolute atomic E-state index is 0.0568. The predicted molar refractivity (Wildman–Crippen MR) is 75.7 cm³/mol. The number of rotatable bonds is 8. The highest BCUT2D eigenvalue weighted by Crippen LogP contribution is 2.17. The van der Waals surface area contributed by atoms with Crippen molar-refractivity contribution >= 4 is 11.9 Å². The SMILES string of the molecule is COc1ccc(C(C)NC(=O)CCCCC(=O)O)cc1. The summed E-state index contributed by atoms with van der Waals surface area (Å²) < 4.78 is 5.08. The number of carbonyl (C=O) groups excluding carboxylic acids is 1. The predicted octanol–water partition coefficient (Wildman–Crippen LogP) is 2.52. The van der Waals surface area contributed by atoms with Gasteiger partial charge in [0.05, 0.1) is 13.2 Å². The van der Waals surface area contributed by atoms with Crippen molar-refractivity contribution in [3.05, 3.63) is 29.8 Å². The van der Waals surface area contributed by atoms with Gasteiger partial charge in [-0.05, 0) is 37.5 Å². The Kier molecular flexibility index (Phi) is 6.56. The second-order valence-electron chi connectivity index (χ2n) is 4.66. The molecule has 0 heterocycles. The molecular formula is C15H21NO4. The lowest BCUT2D eigenvalue weighted by Crippen LogP contribution is -2.26. The number of nitrogens with one attached hydrogen (secondary N) is 1. The molecule has 0 aromatic heterocycles. The Morgan fingerprint density at radius 1 is 1.20 bits per heavy atom. The molecule has 1 amide bonds. The Bertz CT molecular complexity index is 442. The lowest BCUT2D eigenvalue weighted by Gasteiger charge is -2.14. The molecule has 0 bridgehead atoms. The van der Waals surface area contributed by atoms with Crippen molar-refractivity contribution in [1.29, 1.82) is 0 Å². The van der Waals surface area contributed by atoms with Crippen LogP contribution in [0.4, 0.5) is 0 Å². The summed E-state index contributed by atoms with van der Waals surface area (Å²) in [6.45, 7) is 1.91. The van der Waals surface area contributed by atoms with E-state index in [0.717, 1.165) is 11.3 Å². The van der Waals surface area contributed by atoms with Gasteiger partial charge in [-0.2, -0.15) is 0 Å². The van der Waals surface area contributed by atoms with Crippen LogP contribution in [0.25, 0.3) is 0 Å². The molecule has 0 aliphatic heterocycles. The first kappa shape index (κ1) is 16.0. The molecule has 1 unspecified atom stereocenters. The molecule has 0 fully saturated rings. The molecule has 1 aromatic rings. The van der Waals surface area contributed by atoms with E-state index in [9.17, 15) is 9.59 Å². The molecule has 1 atom stereocenters. The average Bonchev–Trinajstić information content (AvgIpc) is 2.43. The van der Waals surface area contributed by atoms with E-state index < -0.39 is 5.97 Å². The van der Waals surface area contributed by atoms with E-state index in [2.05, 4.69) is 5.32 Å². The van der Waals surface area contributed by atoms with Gasteiger partial charge in [0.25, 0.3) is 0 Å². The number of benzene rings is 1. The number of amides is 1. The molecule has 0 radical (unpaired) electrons. The standard InChI is InChI=1S/C15H21NO4/c1-11(12-7-9-13(20-2)10-8-12)16-14(17)5-3-4-6-15(18)19/h7-11H,3-6H2,1-2H3,(H,16,17)(H,18,19). The number of carboxylic acids is 1. The van der Waals surface area contributed by atoms with Gasteiger partial charge in [-0.25, -0.2) is 0 Å². The molecule has 1 aromatic carbocycles. The maximum absolute atomic E-state index is 11.7. The number of hydrogen-bond acceptors (Lipinski definition) is 3. The first-order valence-corrected chi connectivity index (χ1v) is 6.68. The van der Waals surface area contributed by atoms with Crippen LogP contribution < -0.4 is 10.1 Å². The minimum atomic E-state index is -0.822. The number of aliphatic carboxylic acids is 1. The lowest BCUT2D eigenvalue weighted by atomic mass is 10.1. The summed E-state index contributed by atoms with van der Waals surface area (Å²) in [6, 6.07) is 7.45. The normalized spacial score (nSPS) is 11.7. The summed E-state index contributed by atoms with van der Waals surface area (Å²) in [4.78, 5) is 22.1. The highest BCUT2D eigenvalue weighted by molar-refractivity contribution is 5.76. The third-order valence-corrected chi connectivity index (χ3v) is 3.04. The Morgan fingerprint density at radius 2 is 1.80 bits per heavy atom. The molecule has 20 heavy (non-hydrogen) atoms. The third kappa shape index (κ3) is 5.73. The summed E-state index contributed by atoms with van der Waals surface area (Å²) in [5.74, 6) is -0.100. The molecule has 5 heteroatoms. The first-order chi connectivity index (χ1) is 9.52. The molecule has 110 valence electrons. The van der Waals surface area contributed by atoms with Crippen LogP contribution in [0.15, 0.2) is 24.3 Å². The Morgan fingerprint density at radius 3 is 2.35 bits per heavy atom. The van der Waals surface area contributed by atoms with Crippen molar-refractivity contribution in [1.82, 2.24) is 5.32 Å². The van der Waals surface area contributed by atoms with Crippen molar-refractivity contribution < 1.29 is 19.4 Å². The van der Waals surface area contributed by atoms with Crippen LogP contribution in [0.2, 0.25) is 0 Å². The van der Waals surface area contributed by atoms with Crippen LogP contribution in [0.1, 0.15) is 44.2 Å². The Labute approximate surface area is 118 Å². The van der Waals surface area contributed by atoms with Crippen molar-refractivity contribution in [3.8, 4) is 5.75 Å². The van der Waals surface area contributed by atoms with Crippen LogP contribution in [0, 0.1) is 0 Å². The quantitative estimate of drug-likeness (QED) is 0.717. The monoisotopic (exact) mass is 279 g/mol. The number of carbonyl (C=O) groups is 2. The maximum Gasteiger partial charge on any atom is 0.303 e. The molecule has 0 aliphatic carbocycles. The number of unbranched alkanes of at least 4 members (excludes halogenated alkanes) is 1. The van der Waals surface area contributed by atoms with Crippen LogP contribution in [-0.2, 0) is 9.59 Å². The van der Waals surface area contributed by atoms with Crippen molar-refractivity contribution in [2.75, 3.05) is 7.11 Å². The van der Waals surface area contributed by atoms with Gasteiger partial charge in [-0.15, -0.1) is 0 Å². The van der Waals surface area contributed by atoms with Crippen LogP contribution in [0.3, 0.4) is 0 Å². The number of hydrogen-bond donors (Lipinski definition) is 2. The number of ether oxygens (including phenoxy) is 1. The van der Waals surface area contributed by atoms with Crippen molar-refractivity contribution in [3.63, 3.8) is 0 Å². The molecule has 0 aliphatic rings. The molecule has 1 rings (SSSR count). The Balaban J connectivity index is 2.34. The topological polar surface area (TPSA) is 75.6 Å². The van der Waals surface area contributed by atoms with Gasteiger partial charge in [-0.3, -0.25) is 9.59 Å². The van der Waals surface area contributed by atoms with E-state index in [1.54, 1.807) is 7.11 Å². The van der Waals surface area contributed by atoms with E-state index in [1.165, 1.54) is 0 Å². The van der Waals surface area contributed by atoms with E-state index in [0.29, 0.717) is 19.3 Å². The second-order valence-corrected chi connectivity index (χ2v) is 4.66. The fourth-order valence-electron chi connectivity index (χ4n) is 1.85. The van der Waals surface area contributed by atoms with Crippen LogP contribution >= 0.6 is 0 Å². The highest BCUT2D eigenvalue weighted by atomic mass is 16.5. The largest absolute Gasteiger partial charge is 0.497 e. The lowest BCUT2D eigenvalue weighted by molar-refractivity contribution is -0.137. The highest BCUT2D eigenvalue weighted by Gasteiger charge is 2.09. The van der Waals surface area contributed by atoms with Gasteiger partial charge in [0.2, 0.25) is 5.91 Å². The zero-order valence-electron chi connectivity index (χ0n) is 11.9. The zero-order chi connectivity index (χ0) is 15.0. The number of methoxy groups -OCH3 is 1. The molecule has 5 nitrogen and oxygen atoms in total. The smallest absolute Gasteiger partial charge is 0.303 e.